The van der Waals surface area contributed by atoms with Crippen molar-refractivity contribution in [2.75, 3.05) is 0 Å². The number of carbonyl (C=O) groups is 1. The van der Waals surface area contributed by atoms with E-state index >= 15 is 0 Å². The number of halogens is 1. The average molecular weight is 349 g/mol. The van der Waals surface area contributed by atoms with E-state index in [1.54, 1.807) is 0 Å². The molecule has 4 nitrogen and oxygen atoms in total. The van der Waals surface area contributed by atoms with E-state index in [1.165, 1.54) is 0 Å². The van der Waals surface area contributed by atoms with Crippen LogP contribution in [-0.2, 0) is 17.8 Å². The Balaban J connectivity index is 2.13. The molecule has 110 valence electrons. The lowest BCUT2D eigenvalue weighted by atomic mass is 10.0. The Kier molecular flexibility index (Phi) is 5.36. The molecule has 0 heterocycles. The van der Waals surface area contributed by atoms with Gasteiger partial charge in [-0.25, -0.2) is 5.84 Å². The fourth-order valence-corrected chi connectivity index (χ4v) is 2.32. The lowest BCUT2D eigenvalue weighted by molar-refractivity contribution is -0.120. The Labute approximate surface area is 132 Å². The Hall–Kier alpha value is -1.85. The summed E-state index contributed by atoms with van der Waals surface area (Å²) in [5.41, 5.74) is 5.09. The van der Waals surface area contributed by atoms with Crippen LogP contribution in [0.2, 0.25) is 0 Å². The number of hydrazine groups is 1. The summed E-state index contributed by atoms with van der Waals surface area (Å²) >= 11 is 3.43. The first-order valence-electron chi connectivity index (χ1n) is 6.55. The smallest absolute Gasteiger partial charge is 0.238 e. The molecule has 0 spiro atoms. The molecule has 2 rings (SSSR count). The van der Waals surface area contributed by atoms with Crippen molar-refractivity contribution in [2.45, 2.75) is 20.0 Å². The van der Waals surface area contributed by atoms with E-state index in [2.05, 4.69) is 21.4 Å². The third-order valence-corrected chi connectivity index (χ3v) is 3.66. The first kappa shape index (κ1) is 15.5. The van der Waals surface area contributed by atoms with Crippen molar-refractivity contribution in [2.24, 2.45) is 5.84 Å². The van der Waals surface area contributed by atoms with Gasteiger partial charge in [0.25, 0.3) is 0 Å². The second-order valence-corrected chi connectivity index (χ2v) is 5.63. The maximum Gasteiger partial charge on any atom is 0.238 e. The van der Waals surface area contributed by atoms with Crippen molar-refractivity contribution in [1.82, 2.24) is 5.43 Å². The number of nitrogens with one attached hydrogen (secondary N) is 1. The number of hydrogen-bond donors (Lipinski definition) is 2. The molecule has 0 saturated carbocycles. The van der Waals surface area contributed by atoms with Crippen LogP contribution in [0.4, 0.5) is 0 Å². The van der Waals surface area contributed by atoms with Crippen LogP contribution < -0.4 is 16.0 Å². The normalized spacial score (nSPS) is 10.2. The van der Waals surface area contributed by atoms with Gasteiger partial charge in [0.2, 0.25) is 5.91 Å². The van der Waals surface area contributed by atoms with Gasteiger partial charge in [0.05, 0.1) is 6.42 Å². The predicted molar refractivity (Wildman–Crippen MR) is 85.7 cm³/mol. The van der Waals surface area contributed by atoms with Crippen LogP contribution in [0.25, 0.3) is 0 Å². The molecule has 1 amide bonds. The SMILES string of the molecule is Cc1ccc(Br)cc1OCc1ccccc1CC(=O)NN. The summed E-state index contributed by atoms with van der Waals surface area (Å²) in [5, 5.41) is 0. The number of amides is 1. The van der Waals surface area contributed by atoms with E-state index in [0.717, 1.165) is 26.9 Å². The fourth-order valence-electron chi connectivity index (χ4n) is 1.98. The summed E-state index contributed by atoms with van der Waals surface area (Å²) in [4.78, 5) is 11.4. The number of nitrogens with two attached hydrogens (primary N) is 1. The summed E-state index contributed by atoms with van der Waals surface area (Å²) < 4.78 is 6.84. The standard InChI is InChI=1S/C16H17BrN2O2/c1-11-6-7-14(17)9-15(11)21-10-13-5-3-2-4-12(13)8-16(20)19-18/h2-7,9H,8,10,18H2,1H3,(H,19,20). The highest BCUT2D eigenvalue weighted by Gasteiger charge is 2.08. The van der Waals surface area contributed by atoms with Gasteiger partial charge in [0, 0.05) is 4.47 Å². The molecule has 0 atom stereocenters. The fraction of sp³-hybridized carbons (Fsp3) is 0.188. The first-order chi connectivity index (χ1) is 10.1. The van der Waals surface area contributed by atoms with E-state index in [4.69, 9.17) is 10.6 Å². The van der Waals surface area contributed by atoms with E-state index in [-0.39, 0.29) is 12.3 Å². The Bertz CT molecular complexity index is 644. The molecule has 5 heteroatoms. The van der Waals surface area contributed by atoms with Gasteiger partial charge >= 0.3 is 0 Å². The van der Waals surface area contributed by atoms with Crippen LogP contribution in [-0.4, -0.2) is 5.91 Å². The highest BCUT2D eigenvalue weighted by molar-refractivity contribution is 9.10. The van der Waals surface area contributed by atoms with E-state index in [9.17, 15) is 4.79 Å². The summed E-state index contributed by atoms with van der Waals surface area (Å²) in [6.45, 7) is 2.40. The van der Waals surface area contributed by atoms with Crippen molar-refractivity contribution in [3.63, 3.8) is 0 Å². The minimum absolute atomic E-state index is 0.221. The molecule has 0 saturated heterocycles. The zero-order valence-corrected chi connectivity index (χ0v) is 13.3. The highest BCUT2D eigenvalue weighted by atomic mass is 79.9. The Morgan fingerprint density at radius 3 is 2.67 bits per heavy atom. The quantitative estimate of drug-likeness (QED) is 0.496. The van der Waals surface area contributed by atoms with E-state index in [1.807, 2.05) is 49.4 Å². The number of rotatable bonds is 5. The summed E-state index contributed by atoms with van der Waals surface area (Å²) in [6.07, 6.45) is 0.244. The third kappa shape index (κ3) is 4.31. The summed E-state index contributed by atoms with van der Waals surface area (Å²) in [5.74, 6) is 5.74. The molecule has 21 heavy (non-hydrogen) atoms. The van der Waals surface area contributed by atoms with E-state index < -0.39 is 0 Å². The molecule has 0 bridgehead atoms. The molecular weight excluding hydrogens is 332 g/mol. The van der Waals surface area contributed by atoms with Crippen LogP contribution in [0, 0.1) is 6.92 Å². The van der Waals surface area contributed by atoms with Crippen LogP contribution in [0.5, 0.6) is 5.75 Å². The molecule has 0 aliphatic carbocycles. The second-order valence-electron chi connectivity index (χ2n) is 4.71. The zero-order valence-electron chi connectivity index (χ0n) is 11.7. The van der Waals surface area contributed by atoms with E-state index in [0.29, 0.717) is 6.61 Å². The average Bonchev–Trinajstić information content (AvgIpc) is 2.49. The van der Waals surface area contributed by atoms with Gasteiger partial charge in [0.15, 0.2) is 0 Å². The minimum atomic E-state index is -0.221. The maximum atomic E-state index is 11.4. The first-order valence-corrected chi connectivity index (χ1v) is 7.34. The zero-order chi connectivity index (χ0) is 15.2. The van der Waals surface area contributed by atoms with Gasteiger partial charge in [-0.05, 0) is 35.7 Å². The summed E-state index contributed by atoms with van der Waals surface area (Å²) in [7, 11) is 0. The van der Waals surface area contributed by atoms with Crippen molar-refractivity contribution >= 4 is 21.8 Å². The van der Waals surface area contributed by atoms with Gasteiger partial charge in [0.1, 0.15) is 12.4 Å². The maximum absolute atomic E-state index is 11.4. The van der Waals surface area contributed by atoms with Crippen molar-refractivity contribution in [3.05, 3.63) is 63.6 Å². The highest BCUT2D eigenvalue weighted by Crippen LogP contribution is 2.24. The number of ether oxygens (including phenoxy) is 1. The van der Waals surface area contributed by atoms with Crippen molar-refractivity contribution in [3.8, 4) is 5.75 Å². The Morgan fingerprint density at radius 2 is 1.95 bits per heavy atom. The number of aryl methyl sites for hydroxylation is 1. The molecule has 0 aliphatic heterocycles. The van der Waals surface area contributed by atoms with Gasteiger partial charge in [-0.15, -0.1) is 0 Å². The topological polar surface area (TPSA) is 64.3 Å². The van der Waals surface area contributed by atoms with Crippen molar-refractivity contribution < 1.29 is 9.53 Å². The second kappa shape index (κ2) is 7.24. The van der Waals surface area contributed by atoms with Gasteiger partial charge in [-0.1, -0.05) is 46.3 Å². The lowest BCUT2D eigenvalue weighted by Gasteiger charge is -2.12. The largest absolute Gasteiger partial charge is 0.489 e. The van der Waals surface area contributed by atoms with Gasteiger partial charge < -0.3 is 4.74 Å². The molecule has 0 aromatic heterocycles. The minimum Gasteiger partial charge on any atom is -0.489 e. The number of hydrogen-bond acceptors (Lipinski definition) is 3. The van der Waals surface area contributed by atoms with Crippen LogP contribution >= 0.6 is 15.9 Å². The summed E-state index contributed by atoms with van der Waals surface area (Å²) in [6, 6.07) is 13.6. The van der Waals surface area contributed by atoms with Crippen LogP contribution in [0.1, 0.15) is 16.7 Å². The molecule has 0 unspecified atom stereocenters. The van der Waals surface area contributed by atoms with Gasteiger partial charge in [-0.3, -0.25) is 10.2 Å². The molecule has 2 aromatic carbocycles. The molecule has 0 fully saturated rings. The Morgan fingerprint density at radius 1 is 1.24 bits per heavy atom. The number of benzene rings is 2. The number of carbonyl (C=O) groups excluding carboxylic acids is 1. The molecule has 2 aromatic rings. The monoisotopic (exact) mass is 348 g/mol. The predicted octanol–water partition coefficient (Wildman–Crippen LogP) is 2.87. The van der Waals surface area contributed by atoms with Crippen molar-refractivity contribution in [1.29, 1.82) is 0 Å². The van der Waals surface area contributed by atoms with Crippen LogP contribution in [0.15, 0.2) is 46.9 Å². The molecule has 0 radical (unpaired) electrons. The molecule has 3 N–H and O–H groups in total. The lowest BCUT2D eigenvalue weighted by Crippen LogP contribution is -2.31. The molecule has 0 aliphatic rings. The van der Waals surface area contributed by atoms with Crippen LogP contribution in [0.3, 0.4) is 0 Å². The third-order valence-electron chi connectivity index (χ3n) is 3.16. The van der Waals surface area contributed by atoms with Gasteiger partial charge in [-0.2, -0.15) is 0 Å². The molecular formula is C16H17BrN2O2.